The van der Waals surface area contributed by atoms with E-state index in [0.717, 1.165) is 17.1 Å². The van der Waals surface area contributed by atoms with Gasteiger partial charge in [0.05, 0.1) is 31.1 Å². The first-order valence-electron chi connectivity index (χ1n) is 8.04. The van der Waals surface area contributed by atoms with Crippen LogP contribution in [0.3, 0.4) is 0 Å². The van der Waals surface area contributed by atoms with Gasteiger partial charge in [-0.2, -0.15) is 0 Å². The summed E-state index contributed by atoms with van der Waals surface area (Å²) in [6.07, 6.45) is 1.41. The summed E-state index contributed by atoms with van der Waals surface area (Å²) in [7, 11) is 0. The van der Waals surface area contributed by atoms with Crippen molar-refractivity contribution >= 4 is 11.8 Å². The molecule has 1 N–H and O–H groups in total. The number of aryl methyl sites for hydroxylation is 1. The predicted octanol–water partition coefficient (Wildman–Crippen LogP) is 3.66. The van der Waals surface area contributed by atoms with Crippen molar-refractivity contribution in [2.24, 2.45) is 0 Å². The van der Waals surface area contributed by atoms with Gasteiger partial charge in [-0.3, -0.25) is 5.32 Å². The number of fused-ring (bicyclic) bond motifs is 1. The van der Waals surface area contributed by atoms with Crippen molar-refractivity contribution in [3.63, 3.8) is 0 Å². The average Bonchev–Trinajstić information content (AvgIpc) is 2.88. The highest BCUT2D eigenvalue weighted by molar-refractivity contribution is 5.84. The molecule has 1 aromatic carbocycles. The van der Waals surface area contributed by atoms with E-state index in [1.807, 2.05) is 58.2 Å². The number of nitrogens with zero attached hydrogens (tertiary/aromatic N) is 2. The van der Waals surface area contributed by atoms with Gasteiger partial charge >= 0.3 is 6.09 Å². The number of hydrogen-bond donors (Lipinski definition) is 1. The molecular formula is C18H23N3O3. The largest absolute Gasteiger partial charge is 0.444 e. The van der Waals surface area contributed by atoms with Gasteiger partial charge in [0.1, 0.15) is 11.4 Å². The Morgan fingerprint density at radius 3 is 2.71 bits per heavy atom. The first kappa shape index (κ1) is 16.5. The molecular weight excluding hydrogens is 306 g/mol. The molecule has 2 aromatic rings. The third-order valence-corrected chi connectivity index (χ3v) is 3.84. The van der Waals surface area contributed by atoms with Gasteiger partial charge in [-0.15, -0.1) is 0 Å². The molecule has 1 aliphatic rings. The van der Waals surface area contributed by atoms with Gasteiger partial charge in [-0.1, -0.05) is 12.1 Å². The van der Waals surface area contributed by atoms with Crippen LogP contribution >= 0.6 is 0 Å². The fourth-order valence-electron chi connectivity index (χ4n) is 2.84. The molecule has 0 unspecified atom stereocenters. The molecule has 128 valence electrons. The van der Waals surface area contributed by atoms with E-state index in [1.165, 1.54) is 0 Å². The highest BCUT2D eigenvalue weighted by Gasteiger charge is 2.24. The zero-order chi connectivity index (χ0) is 17.3. The Morgan fingerprint density at radius 2 is 2.04 bits per heavy atom. The number of anilines is 1. The van der Waals surface area contributed by atoms with Crippen molar-refractivity contribution in [3.05, 3.63) is 47.5 Å². The van der Waals surface area contributed by atoms with Crippen molar-refractivity contribution in [1.29, 1.82) is 0 Å². The van der Waals surface area contributed by atoms with E-state index in [-0.39, 0.29) is 6.04 Å². The van der Waals surface area contributed by atoms with Crippen molar-refractivity contribution in [3.8, 4) is 0 Å². The van der Waals surface area contributed by atoms with E-state index < -0.39 is 11.7 Å². The second-order valence-corrected chi connectivity index (χ2v) is 6.95. The second kappa shape index (κ2) is 6.28. The van der Waals surface area contributed by atoms with Crippen LogP contribution in [0.15, 0.2) is 30.5 Å². The van der Waals surface area contributed by atoms with Gasteiger partial charge in [-0.05, 0) is 45.4 Å². The number of amides is 1. The minimum absolute atomic E-state index is 0.104. The Labute approximate surface area is 141 Å². The summed E-state index contributed by atoms with van der Waals surface area (Å²) in [4.78, 5) is 16.2. The number of hydrogen-bond acceptors (Lipinski definition) is 4. The minimum atomic E-state index is -0.515. The number of ether oxygens (including phenoxy) is 2. The SMILES string of the molecule is Cc1ncc2n1[C@@H](c1ccc(NC(=O)OC(C)(C)C)cc1)COC2. The predicted molar refractivity (Wildman–Crippen MR) is 91.1 cm³/mol. The molecule has 24 heavy (non-hydrogen) atoms. The monoisotopic (exact) mass is 329 g/mol. The maximum atomic E-state index is 11.8. The van der Waals surface area contributed by atoms with E-state index in [0.29, 0.717) is 18.9 Å². The van der Waals surface area contributed by atoms with Crippen molar-refractivity contribution in [2.75, 3.05) is 11.9 Å². The maximum absolute atomic E-state index is 11.8. The number of nitrogens with one attached hydrogen (secondary N) is 1. The Hall–Kier alpha value is -2.34. The van der Waals surface area contributed by atoms with E-state index >= 15 is 0 Å². The fraction of sp³-hybridized carbons (Fsp3) is 0.444. The van der Waals surface area contributed by atoms with Gasteiger partial charge in [0.2, 0.25) is 0 Å². The molecule has 0 spiro atoms. The molecule has 3 rings (SSSR count). The Morgan fingerprint density at radius 1 is 1.33 bits per heavy atom. The fourth-order valence-corrected chi connectivity index (χ4v) is 2.84. The molecule has 2 heterocycles. The molecule has 6 heteroatoms. The molecule has 0 aliphatic carbocycles. The zero-order valence-corrected chi connectivity index (χ0v) is 14.5. The molecule has 1 amide bonds. The third kappa shape index (κ3) is 3.59. The number of benzene rings is 1. The number of carbonyl (C=O) groups is 1. The average molecular weight is 329 g/mol. The second-order valence-electron chi connectivity index (χ2n) is 6.95. The number of rotatable bonds is 2. The molecule has 1 atom stereocenters. The highest BCUT2D eigenvalue weighted by Crippen LogP contribution is 2.28. The van der Waals surface area contributed by atoms with Crippen molar-refractivity contribution in [1.82, 2.24) is 9.55 Å². The summed E-state index contributed by atoms with van der Waals surface area (Å²) < 4.78 is 13.1. The number of aromatic nitrogens is 2. The summed E-state index contributed by atoms with van der Waals surface area (Å²) in [6, 6.07) is 7.84. The topological polar surface area (TPSA) is 65.4 Å². The maximum Gasteiger partial charge on any atom is 0.412 e. The summed E-state index contributed by atoms with van der Waals surface area (Å²) in [5, 5.41) is 2.74. The van der Waals surface area contributed by atoms with Crippen LogP contribution in [0.5, 0.6) is 0 Å². The molecule has 0 saturated heterocycles. The number of carbonyl (C=O) groups excluding carboxylic acids is 1. The van der Waals surface area contributed by atoms with Crippen LogP contribution in [0.4, 0.5) is 10.5 Å². The third-order valence-electron chi connectivity index (χ3n) is 3.84. The Balaban J connectivity index is 1.74. The van der Waals surface area contributed by atoms with Gasteiger partial charge in [0.15, 0.2) is 0 Å². The van der Waals surface area contributed by atoms with E-state index in [1.54, 1.807) is 0 Å². The van der Waals surface area contributed by atoms with Crippen LogP contribution < -0.4 is 5.32 Å². The summed E-state index contributed by atoms with van der Waals surface area (Å²) in [6.45, 7) is 8.72. The van der Waals surface area contributed by atoms with Crippen LogP contribution in [0.2, 0.25) is 0 Å². The number of imidazole rings is 1. The zero-order valence-electron chi connectivity index (χ0n) is 14.5. The molecule has 0 radical (unpaired) electrons. The first-order valence-corrected chi connectivity index (χ1v) is 8.04. The minimum Gasteiger partial charge on any atom is -0.444 e. The van der Waals surface area contributed by atoms with Crippen LogP contribution in [0.1, 0.15) is 43.9 Å². The van der Waals surface area contributed by atoms with Gasteiger partial charge in [0, 0.05) is 5.69 Å². The smallest absolute Gasteiger partial charge is 0.412 e. The van der Waals surface area contributed by atoms with Crippen LogP contribution in [-0.2, 0) is 16.1 Å². The van der Waals surface area contributed by atoms with Gasteiger partial charge < -0.3 is 14.0 Å². The molecule has 1 aromatic heterocycles. The molecule has 0 bridgehead atoms. The Bertz CT molecular complexity index is 729. The lowest BCUT2D eigenvalue weighted by Gasteiger charge is -2.27. The van der Waals surface area contributed by atoms with E-state index in [4.69, 9.17) is 9.47 Å². The molecule has 0 fully saturated rings. The summed E-state index contributed by atoms with van der Waals surface area (Å²) in [5.41, 5.74) is 2.39. The van der Waals surface area contributed by atoms with Crippen molar-refractivity contribution in [2.45, 2.75) is 45.9 Å². The standard InChI is InChI=1S/C18H23N3O3/c1-12-19-9-15-10-23-11-16(21(12)15)13-5-7-14(8-6-13)20-17(22)24-18(2,3)4/h5-9,16H,10-11H2,1-4H3,(H,20,22)/t16-/m1/s1. The summed E-state index contributed by atoms with van der Waals surface area (Å²) >= 11 is 0. The van der Waals surface area contributed by atoms with Gasteiger partial charge in [0.25, 0.3) is 0 Å². The van der Waals surface area contributed by atoms with Crippen LogP contribution in [0.25, 0.3) is 0 Å². The molecule has 1 aliphatic heterocycles. The quantitative estimate of drug-likeness (QED) is 0.913. The highest BCUT2D eigenvalue weighted by atomic mass is 16.6. The lowest BCUT2D eigenvalue weighted by atomic mass is 10.1. The molecule has 0 saturated carbocycles. The Kier molecular flexibility index (Phi) is 4.32. The lowest BCUT2D eigenvalue weighted by molar-refractivity contribution is 0.0635. The summed E-state index contributed by atoms with van der Waals surface area (Å²) in [5.74, 6) is 0.981. The van der Waals surface area contributed by atoms with E-state index in [2.05, 4.69) is 14.9 Å². The normalized spacial score (nSPS) is 17.2. The van der Waals surface area contributed by atoms with Crippen molar-refractivity contribution < 1.29 is 14.3 Å². The van der Waals surface area contributed by atoms with E-state index in [9.17, 15) is 4.79 Å². The molecule has 6 nitrogen and oxygen atoms in total. The van der Waals surface area contributed by atoms with Crippen LogP contribution in [-0.4, -0.2) is 27.9 Å². The lowest BCUT2D eigenvalue weighted by Crippen LogP contribution is -2.27. The van der Waals surface area contributed by atoms with Gasteiger partial charge in [-0.25, -0.2) is 9.78 Å². The van der Waals surface area contributed by atoms with Crippen LogP contribution in [0, 0.1) is 6.92 Å². The first-order chi connectivity index (χ1) is 11.3.